The second kappa shape index (κ2) is 7.40. The predicted octanol–water partition coefficient (Wildman–Crippen LogP) is 2.72. The van der Waals surface area contributed by atoms with Gasteiger partial charge in [0.15, 0.2) is 17.7 Å². The minimum atomic E-state index is -0.896. The number of hydrogen-bond donors (Lipinski definition) is 2. The fourth-order valence-electron chi connectivity index (χ4n) is 2.04. The molecule has 0 heterocycles. The highest BCUT2D eigenvalue weighted by atomic mass is 19.1. The van der Waals surface area contributed by atoms with Crippen LogP contribution in [0.1, 0.15) is 23.7 Å². The highest BCUT2D eigenvalue weighted by Crippen LogP contribution is 2.20. The van der Waals surface area contributed by atoms with Crippen molar-refractivity contribution >= 4 is 17.5 Å². The summed E-state index contributed by atoms with van der Waals surface area (Å²) in [5.74, 6) is -1.68. The summed E-state index contributed by atoms with van der Waals surface area (Å²) in [6, 6.07) is 12.2. The van der Waals surface area contributed by atoms with Crippen molar-refractivity contribution in [3.63, 3.8) is 0 Å². The van der Waals surface area contributed by atoms with Gasteiger partial charge in [-0.05, 0) is 30.7 Å². The minimum absolute atomic E-state index is 0.00214. The summed E-state index contributed by atoms with van der Waals surface area (Å²) >= 11 is 0. The van der Waals surface area contributed by atoms with Crippen molar-refractivity contribution in [2.24, 2.45) is 5.73 Å². The van der Waals surface area contributed by atoms with E-state index in [-0.39, 0.29) is 11.3 Å². The van der Waals surface area contributed by atoms with Crippen molar-refractivity contribution in [1.29, 1.82) is 0 Å². The zero-order valence-electron chi connectivity index (χ0n) is 12.6. The van der Waals surface area contributed by atoms with E-state index in [0.29, 0.717) is 12.1 Å². The number of amides is 2. The molecule has 0 spiro atoms. The second-order valence-corrected chi connectivity index (χ2v) is 4.84. The van der Waals surface area contributed by atoms with Crippen molar-refractivity contribution in [1.82, 2.24) is 0 Å². The van der Waals surface area contributed by atoms with E-state index < -0.39 is 23.7 Å². The number of carbonyl (C=O) groups is 2. The third kappa shape index (κ3) is 4.06. The monoisotopic (exact) mass is 316 g/mol. The fourth-order valence-corrected chi connectivity index (χ4v) is 2.04. The lowest BCUT2D eigenvalue weighted by Crippen LogP contribution is -2.33. The third-order valence-electron chi connectivity index (χ3n) is 3.22. The van der Waals surface area contributed by atoms with E-state index in [2.05, 4.69) is 5.32 Å². The van der Waals surface area contributed by atoms with Crippen LogP contribution in [0.3, 0.4) is 0 Å². The fraction of sp³-hybridized carbons (Fsp3) is 0.176. The molecule has 0 fully saturated rings. The number of rotatable bonds is 6. The van der Waals surface area contributed by atoms with Gasteiger partial charge in [0.05, 0.1) is 11.3 Å². The first-order valence-electron chi connectivity index (χ1n) is 7.13. The summed E-state index contributed by atoms with van der Waals surface area (Å²) in [4.78, 5) is 23.7. The van der Waals surface area contributed by atoms with E-state index >= 15 is 0 Å². The molecular weight excluding hydrogens is 299 g/mol. The largest absolute Gasteiger partial charge is 0.478 e. The summed E-state index contributed by atoms with van der Waals surface area (Å²) in [6.07, 6.45) is -0.563. The smallest absolute Gasteiger partial charge is 0.265 e. The van der Waals surface area contributed by atoms with Gasteiger partial charge in [-0.15, -0.1) is 0 Å². The van der Waals surface area contributed by atoms with Gasteiger partial charge in [0.1, 0.15) is 0 Å². The van der Waals surface area contributed by atoms with Crippen molar-refractivity contribution in [2.45, 2.75) is 19.4 Å². The van der Waals surface area contributed by atoms with Crippen molar-refractivity contribution < 1.29 is 18.7 Å². The van der Waals surface area contributed by atoms with Crippen LogP contribution in [-0.4, -0.2) is 17.9 Å². The minimum Gasteiger partial charge on any atom is -0.478 e. The van der Waals surface area contributed by atoms with Crippen molar-refractivity contribution in [2.75, 3.05) is 5.32 Å². The molecular formula is C17H17FN2O3. The SMILES string of the molecule is CC[C@H](Oc1ccccc1F)C(=O)Nc1ccccc1C(N)=O. The van der Waals surface area contributed by atoms with Crippen LogP contribution in [0.2, 0.25) is 0 Å². The molecule has 0 radical (unpaired) electrons. The Kier molecular flexibility index (Phi) is 5.30. The van der Waals surface area contributed by atoms with E-state index in [9.17, 15) is 14.0 Å². The molecule has 3 N–H and O–H groups in total. The first-order valence-corrected chi connectivity index (χ1v) is 7.13. The van der Waals surface area contributed by atoms with Crippen LogP contribution in [0.25, 0.3) is 0 Å². The zero-order chi connectivity index (χ0) is 16.8. The van der Waals surface area contributed by atoms with Crippen LogP contribution < -0.4 is 15.8 Å². The molecule has 0 bridgehead atoms. The molecule has 0 aliphatic rings. The van der Waals surface area contributed by atoms with Crippen LogP contribution in [-0.2, 0) is 4.79 Å². The normalized spacial score (nSPS) is 11.6. The topological polar surface area (TPSA) is 81.4 Å². The maximum Gasteiger partial charge on any atom is 0.265 e. The molecule has 120 valence electrons. The first kappa shape index (κ1) is 16.5. The average Bonchev–Trinajstić information content (AvgIpc) is 2.54. The quantitative estimate of drug-likeness (QED) is 0.859. The molecule has 2 rings (SSSR count). The lowest BCUT2D eigenvalue weighted by atomic mass is 10.1. The molecule has 0 aromatic heterocycles. The zero-order valence-corrected chi connectivity index (χ0v) is 12.6. The molecule has 5 nitrogen and oxygen atoms in total. The Morgan fingerprint density at radius 1 is 1.17 bits per heavy atom. The Morgan fingerprint density at radius 2 is 1.83 bits per heavy atom. The van der Waals surface area contributed by atoms with Gasteiger partial charge in [0, 0.05) is 0 Å². The van der Waals surface area contributed by atoms with Gasteiger partial charge in [-0.2, -0.15) is 0 Å². The number of halogens is 1. The molecule has 6 heteroatoms. The molecule has 1 atom stereocenters. The van der Waals surface area contributed by atoms with Gasteiger partial charge in [0.25, 0.3) is 11.8 Å². The molecule has 23 heavy (non-hydrogen) atoms. The summed E-state index contributed by atoms with van der Waals surface area (Å²) in [6.45, 7) is 1.74. The number of nitrogens with one attached hydrogen (secondary N) is 1. The summed E-state index contributed by atoms with van der Waals surface area (Å²) in [5.41, 5.74) is 5.76. The molecule has 0 saturated heterocycles. The molecule has 2 aromatic rings. The van der Waals surface area contributed by atoms with E-state index in [1.165, 1.54) is 24.3 Å². The van der Waals surface area contributed by atoms with Crippen LogP contribution in [0.5, 0.6) is 5.75 Å². The number of primary amides is 1. The molecule has 0 aliphatic heterocycles. The number of carbonyl (C=O) groups excluding carboxylic acids is 2. The van der Waals surface area contributed by atoms with Crippen molar-refractivity contribution in [3.05, 3.63) is 59.9 Å². The average molecular weight is 316 g/mol. The molecule has 2 aromatic carbocycles. The Morgan fingerprint density at radius 3 is 2.48 bits per heavy atom. The highest BCUT2D eigenvalue weighted by molar-refractivity contribution is 6.04. The molecule has 0 aliphatic carbocycles. The van der Waals surface area contributed by atoms with Crippen LogP contribution in [0.4, 0.5) is 10.1 Å². The number of ether oxygens (including phenoxy) is 1. The molecule has 0 saturated carbocycles. The summed E-state index contributed by atoms with van der Waals surface area (Å²) in [7, 11) is 0. The standard InChI is InChI=1S/C17H17FN2O3/c1-2-14(23-15-10-6-4-8-12(15)18)17(22)20-13-9-5-3-7-11(13)16(19)21/h3-10,14H,2H2,1H3,(H2,19,21)(H,20,22)/t14-/m0/s1. The number of nitrogens with two attached hydrogens (primary N) is 1. The summed E-state index contributed by atoms with van der Waals surface area (Å²) in [5, 5.41) is 2.60. The highest BCUT2D eigenvalue weighted by Gasteiger charge is 2.21. The second-order valence-electron chi connectivity index (χ2n) is 4.84. The molecule has 2 amide bonds. The lowest BCUT2D eigenvalue weighted by Gasteiger charge is -2.18. The third-order valence-corrected chi connectivity index (χ3v) is 3.22. The van der Waals surface area contributed by atoms with Crippen LogP contribution in [0.15, 0.2) is 48.5 Å². The molecule has 0 unspecified atom stereocenters. The Hall–Kier alpha value is -2.89. The number of benzene rings is 2. The number of anilines is 1. The maximum atomic E-state index is 13.6. The van der Waals surface area contributed by atoms with Gasteiger partial charge < -0.3 is 15.8 Å². The Labute approximate surface area is 133 Å². The van der Waals surface area contributed by atoms with Gasteiger partial charge in [-0.3, -0.25) is 9.59 Å². The van der Waals surface area contributed by atoms with Crippen molar-refractivity contribution in [3.8, 4) is 5.75 Å². The first-order chi connectivity index (χ1) is 11.0. The van der Waals surface area contributed by atoms with E-state index in [1.54, 1.807) is 31.2 Å². The van der Waals surface area contributed by atoms with E-state index in [4.69, 9.17) is 10.5 Å². The van der Waals surface area contributed by atoms with Gasteiger partial charge in [-0.25, -0.2) is 4.39 Å². The number of para-hydroxylation sites is 2. The maximum absolute atomic E-state index is 13.6. The van der Waals surface area contributed by atoms with Gasteiger partial charge in [-0.1, -0.05) is 31.2 Å². The lowest BCUT2D eigenvalue weighted by molar-refractivity contribution is -0.122. The van der Waals surface area contributed by atoms with E-state index in [1.807, 2.05) is 0 Å². The van der Waals surface area contributed by atoms with E-state index in [0.717, 1.165) is 0 Å². The van der Waals surface area contributed by atoms with Gasteiger partial charge in [0.2, 0.25) is 0 Å². The Balaban J connectivity index is 2.15. The summed E-state index contributed by atoms with van der Waals surface area (Å²) < 4.78 is 19.1. The van der Waals surface area contributed by atoms with Gasteiger partial charge >= 0.3 is 0 Å². The predicted molar refractivity (Wildman–Crippen MR) is 84.7 cm³/mol. The Bertz CT molecular complexity index is 718. The number of hydrogen-bond acceptors (Lipinski definition) is 3. The van der Waals surface area contributed by atoms with Crippen LogP contribution >= 0.6 is 0 Å². The van der Waals surface area contributed by atoms with Crippen LogP contribution in [0, 0.1) is 5.82 Å².